The maximum Gasteiger partial charge on any atom is 0.250 e. The lowest BCUT2D eigenvalue weighted by Gasteiger charge is -2.12. The molecule has 1 aromatic carbocycles. The van der Waals surface area contributed by atoms with Crippen LogP contribution in [0.1, 0.15) is 24.8 Å². The van der Waals surface area contributed by atoms with E-state index in [2.05, 4.69) is 5.32 Å². The lowest BCUT2D eigenvalue weighted by atomic mass is 10.2. The van der Waals surface area contributed by atoms with E-state index in [-0.39, 0.29) is 17.9 Å². The van der Waals surface area contributed by atoms with Gasteiger partial charge in [-0.15, -0.1) is 0 Å². The number of hydrogen-bond acceptors (Lipinski definition) is 3. The van der Waals surface area contributed by atoms with E-state index in [9.17, 15) is 9.59 Å². The van der Waals surface area contributed by atoms with Crippen molar-refractivity contribution in [1.82, 2.24) is 9.88 Å². The number of hydrogen-bond donors (Lipinski definition) is 1. The molecular formula is C19H22N2O3. The highest BCUT2D eigenvalue weighted by atomic mass is 16.5. The molecule has 5 nitrogen and oxygen atoms in total. The Labute approximate surface area is 141 Å². The first-order valence-corrected chi connectivity index (χ1v) is 8.35. The van der Waals surface area contributed by atoms with Crippen LogP contribution >= 0.6 is 0 Å². The minimum atomic E-state index is -0.0934. The number of pyridine rings is 1. The Bertz CT molecular complexity index is 750. The fourth-order valence-electron chi connectivity index (χ4n) is 2.43. The van der Waals surface area contributed by atoms with Crippen LogP contribution in [0.3, 0.4) is 0 Å². The predicted octanol–water partition coefficient (Wildman–Crippen LogP) is 2.34. The van der Waals surface area contributed by atoms with Crippen molar-refractivity contribution in [2.75, 3.05) is 6.61 Å². The molecule has 2 aromatic rings. The highest BCUT2D eigenvalue weighted by Crippen LogP contribution is 2.30. The zero-order chi connectivity index (χ0) is 16.8. The van der Waals surface area contributed by atoms with Gasteiger partial charge < -0.3 is 14.6 Å². The van der Waals surface area contributed by atoms with Crippen molar-refractivity contribution in [3.05, 3.63) is 64.6 Å². The second-order valence-electron chi connectivity index (χ2n) is 6.12. The van der Waals surface area contributed by atoms with Gasteiger partial charge in [0.2, 0.25) is 5.91 Å². The topological polar surface area (TPSA) is 60.3 Å². The third-order valence-electron chi connectivity index (χ3n) is 4.10. The van der Waals surface area contributed by atoms with E-state index in [1.807, 2.05) is 24.3 Å². The number of nitrogens with one attached hydrogen (secondary N) is 1. The van der Waals surface area contributed by atoms with Crippen LogP contribution in [0.15, 0.2) is 53.5 Å². The average Bonchev–Trinajstić information content (AvgIpc) is 3.42. The molecular weight excluding hydrogens is 304 g/mol. The normalized spacial score (nSPS) is 13.5. The Kier molecular flexibility index (Phi) is 5.31. The molecule has 0 spiro atoms. The maximum atomic E-state index is 12.0. The molecule has 3 rings (SSSR count). The van der Waals surface area contributed by atoms with Gasteiger partial charge in [-0.1, -0.05) is 24.3 Å². The highest BCUT2D eigenvalue weighted by molar-refractivity contribution is 5.75. The zero-order valence-corrected chi connectivity index (χ0v) is 13.6. The minimum absolute atomic E-state index is 0.0808. The van der Waals surface area contributed by atoms with Crippen molar-refractivity contribution in [3.8, 4) is 5.75 Å². The molecule has 24 heavy (non-hydrogen) atoms. The largest absolute Gasteiger partial charge is 0.493 e. The van der Waals surface area contributed by atoms with Crippen molar-refractivity contribution in [3.63, 3.8) is 0 Å². The SMILES string of the molecule is O=C(CCn1ccccc1=O)NCc1ccccc1OCC1CC1. The molecule has 0 unspecified atom stereocenters. The highest BCUT2D eigenvalue weighted by Gasteiger charge is 2.22. The van der Waals surface area contributed by atoms with Crippen LogP contribution in [-0.2, 0) is 17.9 Å². The molecule has 0 bridgehead atoms. The van der Waals surface area contributed by atoms with Crippen molar-refractivity contribution < 1.29 is 9.53 Å². The Morgan fingerprint density at radius 1 is 1.17 bits per heavy atom. The van der Waals surface area contributed by atoms with Gasteiger partial charge in [0.25, 0.3) is 5.56 Å². The Hall–Kier alpha value is -2.56. The quantitative estimate of drug-likeness (QED) is 0.810. The summed E-state index contributed by atoms with van der Waals surface area (Å²) in [6.07, 6.45) is 4.46. The van der Waals surface area contributed by atoms with Gasteiger partial charge >= 0.3 is 0 Å². The Balaban J connectivity index is 1.49. The van der Waals surface area contributed by atoms with Gasteiger partial charge in [-0.3, -0.25) is 9.59 Å². The molecule has 0 aliphatic heterocycles. The summed E-state index contributed by atoms with van der Waals surface area (Å²) in [6, 6.07) is 12.7. The third-order valence-corrected chi connectivity index (χ3v) is 4.10. The molecule has 1 fully saturated rings. The monoisotopic (exact) mass is 326 g/mol. The average molecular weight is 326 g/mol. The molecule has 5 heteroatoms. The summed E-state index contributed by atoms with van der Waals surface area (Å²) in [7, 11) is 0. The summed E-state index contributed by atoms with van der Waals surface area (Å²) >= 11 is 0. The number of aryl methyl sites for hydroxylation is 1. The van der Waals surface area contributed by atoms with Crippen LogP contribution in [-0.4, -0.2) is 17.1 Å². The molecule has 1 amide bonds. The number of rotatable bonds is 8. The lowest BCUT2D eigenvalue weighted by molar-refractivity contribution is -0.121. The van der Waals surface area contributed by atoms with Crippen molar-refractivity contribution in [2.45, 2.75) is 32.4 Å². The molecule has 1 N–H and O–H groups in total. The molecule has 1 aliphatic carbocycles. The molecule has 0 saturated heterocycles. The Morgan fingerprint density at radius 2 is 1.96 bits per heavy atom. The second-order valence-corrected chi connectivity index (χ2v) is 6.12. The van der Waals surface area contributed by atoms with Crippen molar-refractivity contribution in [2.24, 2.45) is 5.92 Å². The standard InChI is InChI=1S/C19H22N2O3/c22-18(10-12-21-11-4-3-7-19(21)23)20-13-16-5-1-2-6-17(16)24-14-15-8-9-15/h1-7,11,15H,8-10,12-14H2,(H,20,22). The first-order valence-electron chi connectivity index (χ1n) is 8.35. The molecule has 1 heterocycles. The molecule has 126 valence electrons. The smallest absolute Gasteiger partial charge is 0.250 e. The van der Waals surface area contributed by atoms with E-state index in [0.717, 1.165) is 17.9 Å². The first-order chi connectivity index (χ1) is 11.7. The van der Waals surface area contributed by atoms with E-state index in [0.29, 0.717) is 19.0 Å². The van der Waals surface area contributed by atoms with Crippen LogP contribution in [0, 0.1) is 5.92 Å². The van der Waals surface area contributed by atoms with Crippen molar-refractivity contribution >= 4 is 5.91 Å². The first kappa shape index (κ1) is 16.3. The zero-order valence-electron chi connectivity index (χ0n) is 13.6. The van der Waals surface area contributed by atoms with Crippen LogP contribution in [0.5, 0.6) is 5.75 Å². The molecule has 1 saturated carbocycles. The van der Waals surface area contributed by atoms with Gasteiger partial charge in [-0.25, -0.2) is 0 Å². The van der Waals surface area contributed by atoms with E-state index >= 15 is 0 Å². The van der Waals surface area contributed by atoms with E-state index in [1.165, 1.54) is 23.5 Å². The molecule has 0 atom stereocenters. The number of carbonyl (C=O) groups is 1. The summed E-state index contributed by atoms with van der Waals surface area (Å²) in [5, 5.41) is 2.90. The Morgan fingerprint density at radius 3 is 2.75 bits per heavy atom. The lowest BCUT2D eigenvalue weighted by Crippen LogP contribution is -2.26. The number of ether oxygens (including phenoxy) is 1. The van der Waals surface area contributed by atoms with Crippen LogP contribution in [0.2, 0.25) is 0 Å². The predicted molar refractivity (Wildman–Crippen MR) is 91.8 cm³/mol. The molecule has 1 aliphatic rings. The molecule has 1 aromatic heterocycles. The summed E-state index contributed by atoms with van der Waals surface area (Å²) in [4.78, 5) is 23.6. The fourth-order valence-corrected chi connectivity index (χ4v) is 2.43. The number of nitrogens with zero attached hydrogens (tertiary/aromatic N) is 1. The van der Waals surface area contributed by atoms with Crippen molar-refractivity contribution in [1.29, 1.82) is 0 Å². The number of aromatic nitrogens is 1. The van der Waals surface area contributed by atoms with E-state index < -0.39 is 0 Å². The van der Waals surface area contributed by atoms with Gasteiger partial charge in [-0.05, 0) is 30.9 Å². The molecule has 0 radical (unpaired) electrons. The van der Waals surface area contributed by atoms with Gasteiger partial charge in [0, 0.05) is 37.3 Å². The summed E-state index contributed by atoms with van der Waals surface area (Å²) in [5.41, 5.74) is 0.882. The van der Waals surface area contributed by atoms with E-state index in [1.54, 1.807) is 18.3 Å². The number of benzene rings is 1. The minimum Gasteiger partial charge on any atom is -0.493 e. The van der Waals surface area contributed by atoms with Gasteiger partial charge in [-0.2, -0.15) is 0 Å². The van der Waals surface area contributed by atoms with E-state index in [4.69, 9.17) is 4.74 Å². The second kappa shape index (κ2) is 7.81. The summed E-state index contributed by atoms with van der Waals surface area (Å²) < 4.78 is 7.38. The van der Waals surface area contributed by atoms with Gasteiger partial charge in [0.1, 0.15) is 5.75 Å². The van der Waals surface area contributed by atoms with Gasteiger partial charge in [0.05, 0.1) is 6.61 Å². The van der Waals surface area contributed by atoms with Crippen LogP contribution in [0.25, 0.3) is 0 Å². The summed E-state index contributed by atoms with van der Waals surface area (Å²) in [5.74, 6) is 1.45. The van der Waals surface area contributed by atoms with Gasteiger partial charge in [0.15, 0.2) is 0 Å². The maximum absolute atomic E-state index is 12.0. The van der Waals surface area contributed by atoms with Crippen LogP contribution in [0.4, 0.5) is 0 Å². The van der Waals surface area contributed by atoms with Crippen LogP contribution < -0.4 is 15.6 Å². The summed E-state index contributed by atoms with van der Waals surface area (Å²) in [6.45, 7) is 1.57. The fraction of sp³-hybridized carbons (Fsp3) is 0.368. The number of para-hydroxylation sites is 1. The third kappa shape index (κ3) is 4.72. The number of carbonyl (C=O) groups excluding carboxylic acids is 1. The number of amides is 1.